The third-order valence-electron chi connectivity index (χ3n) is 2.86. The van der Waals surface area contributed by atoms with Gasteiger partial charge in [-0.25, -0.2) is 5.10 Å². The van der Waals surface area contributed by atoms with E-state index < -0.39 is 22.7 Å². The van der Waals surface area contributed by atoms with Gasteiger partial charge in [0.05, 0.1) is 35.9 Å². The van der Waals surface area contributed by atoms with Crippen molar-refractivity contribution in [1.82, 2.24) is 14.8 Å². The maximum absolute atomic E-state index is 12.9. The van der Waals surface area contributed by atoms with E-state index in [1.165, 1.54) is 4.57 Å². The number of halogens is 3. The SMILES string of the molecule is O=CCCOCCn1cc(C(F)(F)F)c2c(=O)[nH]ncc21. The van der Waals surface area contributed by atoms with E-state index in [1.807, 2.05) is 5.10 Å². The molecule has 6 nitrogen and oxygen atoms in total. The zero-order chi connectivity index (χ0) is 15.5. The van der Waals surface area contributed by atoms with E-state index in [4.69, 9.17) is 4.74 Å². The van der Waals surface area contributed by atoms with Crippen molar-refractivity contribution >= 4 is 17.2 Å². The molecule has 0 spiro atoms. The van der Waals surface area contributed by atoms with Gasteiger partial charge in [-0.1, -0.05) is 0 Å². The number of nitrogens with zero attached hydrogens (tertiary/aromatic N) is 2. The molecule has 2 aromatic rings. The monoisotopic (exact) mass is 303 g/mol. The molecule has 0 aliphatic carbocycles. The number of carbonyl (C=O) groups excluding carboxylic acids is 1. The lowest BCUT2D eigenvalue weighted by atomic mass is 10.2. The topological polar surface area (TPSA) is 77.0 Å². The zero-order valence-corrected chi connectivity index (χ0v) is 10.8. The molecule has 0 aromatic carbocycles. The highest BCUT2D eigenvalue weighted by molar-refractivity contribution is 5.82. The third-order valence-corrected chi connectivity index (χ3v) is 2.86. The molecule has 0 aliphatic heterocycles. The first-order chi connectivity index (χ1) is 9.95. The van der Waals surface area contributed by atoms with Crippen LogP contribution in [0.5, 0.6) is 0 Å². The van der Waals surface area contributed by atoms with Crippen molar-refractivity contribution in [2.24, 2.45) is 0 Å². The molecule has 0 saturated carbocycles. The van der Waals surface area contributed by atoms with Crippen LogP contribution in [0.25, 0.3) is 10.9 Å². The van der Waals surface area contributed by atoms with Gasteiger partial charge in [-0.3, -0.25) is 4.79 Å². The number of hydrogen-bond acceptors (Lipinski definition) is 4. The lowest BCUT2D eigenvalue weighted by Crippen LogP contribution is -2.12. The van der Waals surface area contributed by atoms with Crippen LogP contribution < -0.4 is 5.56 Å². The first-order valence-corrected chi connectivity index (χ1v) is 6.10. The second-order valence-corrected chi connectivity index (χ2v) is 4.26. The van der Waals surface area contributed by atoms with Crippen molar-refractivity contribution in [2.75, 3.05) is 13.2 Å². The van der Waals surface area contributed by atoms with E-state index in [9.17, 15) is 22.8 Å². The summed E-state index contributed by atoms with van der Waals surface area (Å²) in [5.74, 6) is 0. The van der Waals surface area contributed by atoms with Gasteiger partial charge in [-0.15, -0.1) is 0 Å². The number of aldehydes is 1. The van der Waals surface area contributed by atoms with Crippen LogP contribution in [0.15, 0.2) is 17.2 Å². The van der Waals surface area contributed by atoms with Crippen LogP contribution in [-0.2, 0) is 22.3 Å². The van der Waals surface area contributed by atoms with Crippen molar-refractivity contribution in [3.05, 3.63) is 28.3 Å². The molecule has 21 heavy (non-hydrogen) atoms. The zero-order valence-electron chi connectivity index (χ0n) is 10.8. The predicted octanol–water partition coefficient (Wildman–Crippen LogP) is 1.35. The van der Waals surface area contributed by atoms with E-state index in [0.29, 0.717) is 6.29 Å². The van der Waals surface area contributed by atoms with Crippen LogP contribution in [0, 0.1) is 0 Å². The summed E-state index contributed by atoms with van der Waals surface area (Å²) in [7, 11) is 0. The molecular weight excluding hydrogens is 291 g/mol. The summed E-state index contributed by atoms with van der Waals surface area (Å²) in [6, 6.07) is 0. The Balaban J connectivity index is 2.30. The van der Waals surface area contributed by atoms with Crippen molar-refractivity contribution in [2.45, 2.75) is 19.1 Å². The number of carbonyl (C=O) groups is 1. The van der Waals surface area contributed by atoms with Gasteiger partial charge in [0.25, 0.3) is 5.56 Å². The first-order valence-electron chi connectivity index (χ1n) is 6.10. The van der Waals surface area contributed by atoms with Crippen molar-refractivity contribution in [1.29, 1.82) is 0 Å². The Morgan fingerprint density at radius 1 is 1.38 bits per heavy atom. The van der Waals surface area contributed by atoms with E-state index in [2.05, 4.69) is 5.10 Å². The number of ether oxygens (including phenoxy) is 1. The highest BCUT2D eigenvalue weighted by Crippen LogP contribution is 2.34. The minimum absolute atomic E-state index is 0.0880. The Kier molecular flexibility index (Phi) is 4.41. The molecule has 0 unspecified atom stereocenters. The van der Waals surface area contributed by atoms with Gasteiger partial charge in [0.2, 0.25) is 0 Å². The van der Waals surface area contributed by atoms with E-state index in [1.54, 1.807) is 0 Å². The fourth-order valence-corrected chi connectivity index (χ4v) is 1.95. The summed E-state index contributed by atoms with van der Waals surface area (Å²) in [5, 5.41) is 5.07. The van der Waals surface area contributed by atoms with Gasteiger partial charge in [-0.05, 0) is 0 Å². The first kappa shape index (κ1) is 15.2. The Bertz CT molecular complexity index is 690. The number of fused-ring (bicyclic) bond motifs is 1. The standard InChI is InChI=1S/C12H12F3N3O3/c13-12(14,15)8-7-18(2-5-21-4-1-3-19)9-6-16-17-11(20)10(8)9/h3,6-7H,1-2,4-5H2,(H,17,20). The largest absolute Gasteiger partial charge is 0.418 e. The van der Waals surface area contributed by atoms with Gasteiger partial charge in [0.15, 0.2) is 0 Å². The predicted molar refractivity (Wildman–Crippen MR) is 66.9 cm³/mol. The Morgan fingerprint density at radius 3 is 2.81 bits per heavy atom. The average Bonchev–Trinajstić information content (AvgIpc) is 2.79. The average molecular weight is 303 g/mol. The van der Waals surface area contributed by atoms with Crippen LogP contribution in [0.1, 0.15) is 12.0 Å². The second kappa shape index (κ2) is 6.08. The molecule has 0 radical (unpaired) electrons. The Morgan fingerprint density at radius 2 is 2.14 bits per heavy atom. The molecular formula is C12H12F3N3O3. The molecule has 0 fully saturated rings. The number of rotatable bonds is 6. The highest BCUT2D eigenvalue weighted by Gasteiger charge is 2.35. The van der Waals surface area contributed by atoms with Gasteiger partial charge < -0.3 is 14.1 Å². The van der Waals surface area contributed by atoms with Gasteiger partial charge in [0.1, 0.15) is 6.29 Å². The quantitative estimate of drug-likeness (QED) is 0.645. The van der Waals surface area contributed by atoms with E-state index >= 15 is 0 Å². The molecule has 2 aromatic heterocycles. The molecule has 0 atom stereocenters. The smallest absolute Gasteiger partial charge is 0.379 e. The molecule has 2 heterocycles. The second-order valence-electron chi connectivity index (χ2n) is 4.26. The molecule has 9 heteroatoms. The summed E-state index contributed by atoms with van der Waals surface area (Å²) in [4.78, 5) is 21.7. The lowest BCUT2D eigenvalue weighted by molar-refractivity contribution is -0.136. The fraction of sp³-hybridized carbons (Fsp3) is 0.417. The summed E-state index contributed by atoms with van der Waals surface area (Å²) in [5.41, 5.74) is -1.81. The van der Waals surface area contributed by atoms with Crippen molar-refractivity contribution in [3.63, 3.8) is 0 Å². The van der Waals surface area contributed by atoms with Gasteiger partial charge in [0, 0.05) is 19.2 Å². The molecule has 0 amide bonds. The number of H-pyrrole nitrogens is 1. The third kappa shape index (κ3) is 3.30. The van der Waals surface area contributed by atoms with Crippen molar-refractivity contribution in [3.8, 4) is 0 Å². The van der Waals surface area contributed by atoms with Gasteiger partial charge in [-0.2, -0.15) is 18.3 Å². The molecule has 0 bridgehead atoms. The number of alkyl halides is 3. The molecule has 0 aliphatic rings. The lowest BCUT2D eigenvalue weighted by Gasteiger charge is -2.05. The number of hydrogen-bond donors (Lipinski definition) is 1. The number of aromatic amines is 1. The number of aromatic nitrogens is 3. The molecule has 0 saturated heterocycles. The van der Waals surface area contributed by atoms with Crippen molar-refractivity contribution < 1.29 is 22.7 Å². The summed E-state index contributed by atoms with van der Waals surface area (Å²) >= 11 is 0. The molecule has 2 rings (SSSR count). The molecule has 114 valence electrons. The van der Waals surface area contributed by atoms with E-state index in [-0.39, 0.29) is 31.7 Å². The summed E-state index contributed by atoms with van der Waals surface area (Å²) in [6.07, 6.45) is -1.68. The van der Waals surface area contributed by atoms with Crippen LogP contribution in [-0.4, -0.2) is 34.3 Å². The minimum Gasteiger partial charge on any atom is -0.379 e. The van der Waals surface area contributed by atoms with Crippen LogP contribution >= 0.6 is 0 Å². The summed E-state index contributed by atoms with van der Waals surface area (Å²) < 4.78 is 45.2. The maximum Gasteiger partial charge on any atom is 0.418 e. The fourth-order valence-electron chi connectivity index (χ4n) is 1.95. The Labute approximate surface area is 116 Å². The van der Waals surface area contributed by atoms with Crippen LogP contribution in [0.3, 0.4) is 0 Å². The molecule has 1 N–H and O–H groups in total. The Hall–Kier alpha value is -2.16. The van der Waals surface area contributed by atoms with Gasteiger partial charge >= 0.3 is 6.18 Å². The van der Waals surface area contributed by atoms with Crippen LogP contribution in [0.2, 0.25) is 0 Å². The maximum atomic E-state index is 12.9. The van der Waals surface area contributed by atoms with E-state index in [0.717, 1.165) is 12.4 Å². The highest BCUT2D eigenvalue weighted by atomic mass is 19.4. The minimum atomic E-state index is -4.63. The summed E-state index contributed by atoms with van der Waals surface area (Å²) in [6.45, 7) is 0.450. The number of nitrogens with one attached hydrogen (secondary N) is 1. The van der Waals surface area contributed by atoms with Crippen LogP contribution in [0.4, 0.5) is 13.2 Å². The normalized spacial score (nSPS) is 12.0.